The first-order valence-corrected chi connectivity index (χ1v) is 11.3. The lowest BCUT2D eigenvalue weighted by molar-refractivity contribution is -0.129. The molecule has 168 valence electrons. The SMILES string of the molecule is CCOc1cc(/C=C2/N=C(c3cccc(F)c3)OC2=O)ccc1OS(=O)(=O)c1ccccc1. The molecule has 1 heterocycles. The number of cyclic esters (lactones) is 1. The summed E-state index contributed by atoms with van der Waals surface area (Å²) >= 11 is 0. The Labute approximate surface area is 189 Å². The minimum absolute atomic E-state index is 0.000743. The molecule has 0 amide bonds. The van der Waals surface area contributed by atoms with Gasteiger partial charge in [0, 0.05) is 5.56 Å². The van der Waals surface area contributed by atoms with Gasteiger partial charge in [0.2, 0.25) is 5.90 Å². The molecule has 0 aromatic heterocycles. The lowest BCUT2D eigenvalue weighted by Crippen LogP contribution is -2.10. The van der Waals surface area contributed by atoms with E-state index in [-0.39, 0.29) is 34.6 Å². The van der Waals surface area contributed by atoms with Crippen LogP contribution in [0.15, 0.2) is 88.4 Å². The van der Waals surface area contributed by atoms with Crippen molar-refractivity contribution < 1.29 is 31.3 Å². The summed E-state index contributed by atoms with van der Waals surface area (Å²) in [6.45, 7) is 2.00. The van der Waals surface area contributed by atoms with E-state index in [0.29, 0.717) is 11.1 Å². The molecule has 7 nitrogen and oxygen atoms in total. The second-order valence-corrected chi connectivity index (χ2v) is 8.38. The number of hydrogen-bond donors (Lipinski definition) is 0. The van der Waals surface area contributed by atoms with Crippen molar-refractivity contribution in [3.8, 4) is 11.5 Å². The van der Waals surface area contributed by atoms with Crippen molar-refractivity contribution in [3.05, 3.63) is 95.4 Å². The van der Waals surface area contributed by atoms with E-state index in [0.717, 1.165) is 0 Å². The Bertz CT molecular complexity index is 1370. The van der Waals surface area contributed by atoms with E-state index in [1.807, 2.05) is 0 Å². The minimum Gasteiger partial charge on any atom is -0.490 e. The average Bonchev–Trinajstić information content (AvgIpc) is 3.16. The highest BCUT2D eigenvalue weighted by Gasteiger charge is 2.25. The fourth-order valence-electron chi connectivity index (χ4n) is 3.02. The van der Waals surface area contributed by atoms with Crippen molar-refractivity contribution in [3.63, 3.8) is 0 Å². The van der Waals surface area contributed by atoms with E-state index in [4.69, 9.17) is 13.7 Å². The molecule has 0 spiro atoms. The molecule has 3 aromatic rings. The van der Waals surface area contributed by atoms with E-state index < -0.39 is 21.9 Å². The smallest absolute Gasteiger partial charge is 0.363 e. The zero-order valence-corrected chi connectivity index (χ0v) is 18.2. The van der Waals surface area contributed by atoms with Gasteiger partial charge in [0.05, 0.1) is 6.61 Å². The highest BCUT2D eigenvalue weighted by Crippen LogP contribution is 2.32. The molecule has 0 radical (unpaired) electrons. The van der Waals surface area contributed by atoms with Gasteiger partial charge < -0.3 is 13.7 Å². The van der Waals surface area contributed by atoms with Gasteiger partial charge >= 0.3 is 16.1 Å². The Morgan fingerprint density at radius 2 is 1.79 bits per heavy atom. The van der Waals surface area contributed by atoms with Crippen molar-refractivity contribution in [2.45, 2.75) is 11.8 Å². The van der Waals surface area contributed by atoms with Crippen molar-refractivity contribution in [2.75, 3.05) is 6.61 Å². The number of ether oxygens (including phenoxy) is 2. The van der Waals surface area contributed by atoms with Crippen LogP contribution >= 0.6 is 0 Å². The molecule has 0 aliphatic carbocycles. The third kappa shape index (κ3) is 5.09. The Balaban J connectivity index is 1.64. The molecule has 0 fully saturated rings. The molecular weight excluding hydrogens is 449 g/mol. The Morgan fingerprint density at radius 3 is 2.52 bits per heavy atom. The number of esters is 1. The second-order valence-electron chi connectivity index (χ2n) is 6.84. The Hall–Kier alpha value is -3.98. The molecule has 0 atom stereocenters. The largest absolute Gasteiger partial charge is 0.490 e. The Morgan fingerprint density at radius 1 is 1.00 bits per heavy atom. The number of benzene rings is 3. The zero-order chi connectivity index (χ0) is 23.4. The maximum Gasteiger partial charge on any atom is 0.363 e. The van der Waals surface area contributed by atoms with Crippen LogP contribution in [-0.4, -0.2) is 26.9 Å². The molecule has 0 saturated carbocycles. The fraction of sp³-hybridized carbons (Fsp3) is 0.0833. The first-order chi connectivity index (χ1) is 15.9. The van der Waals surface area contributed by atoms with Crippen molar-refractivity contribution in [2.24, 2.45) is 4.99 Å². The fourth-order valence-corrected chi connectivity index (χ4v) is 3.98. The molecular formula is C24H18FNO6S. The molecule has 1 aliphatic heterocycles. The maximum atomic E-state index is 13.5. The summed E-state index contributed by atoms with van der Waals surface area (Å²) in [6.07, 6.45) is 1.45. The third-order valence-corrected chi connectivity index (χ3v) is 5.74. The van der Waals surface area contributed by atoms with Crippen LogP contribution in [0.25, 0.3) is 6.08 Å². The van der Waals surface area contributed by atoms with Crippen LogP contribution in [-0.2, 0) is 19.6 Å². The minimum atomic E-state index is -4.06. The van der Waals surface area contributed by atoms with Crippen LogP contribution in [0.4, 0.5) is 4.39 Å². The van der Waals surface area contributed by atoms with Crippen molar-refractivity contribution >= 4 is 28.1 Å². The molecule has 4 rings (SSSR count). The van der Waals surface area contributed by atoms with Crippen LogP contribution in [0, 0.1) is 5.82 Å². The third-order valence-electron chi connectivity index (χ3n) is 4.49. The number of carbonyl (C=O) groups is 1. The van der Waals surface area contributed by atoms with Crippen molar-refractivity contribution in [1.82, 2.24) is 0 Å². The lowest BCUT2D eigenvalue weighted by Gasteiger charge is -2.12. The van der Waals surface area contributed by atoms with E-state index in [2.05, 4.69) is 4.99 Å². The summed E-state index contributed by atoms with van der Waals surface area (Å²) in [7, 11) is -4.06. The van der Waals surface area contributed by atoms with E-state index in [1.54, 1.807) is 37.3 Å². The number of aliphatic imine (C=N–C) groups is 1. The monoisotopic (exact) mass is 467 g/mol. The van der Waals surface area contributed by atoms with Crippen LogP contribution in [0.1, 0.15) is 18.1 Å². The predicted molar refractivity (Wildman–Crippen MR) is 119 cm³/mol. The zero-order valence-electron chi connectivity index (χ0n) is 17.4. The van der Waals surface area contributed by atoms with Crippen LogP contribution in [0.3, 0.4) is 0 Å². The molecule has 9 heteroatoms. The van der Waals surface area contributed by atoms with Crippen LogP contribution in [0.5, 0.6) is 11.5 Å². The normalized spacial score (nSPS) is 14.7. The van der Waals surface area contributed by atoms with Gasteiger partial charge in [-0.1, -0.05) is 30.3 Å². The predicted octanol–water partition coefficient (Wildman–Crippen LogP) is 4.34. The van der Waals surface area contributed by atoms with Gasteiger partial charge in [-0.3, -0.25) is 0 Å². The molecule has 1 aliphatic rings. The van der Waals surface area contributed by atoms with Gasteiger partial charge in [-0.25, -0.2) is 14.2 Å². The van der Waals surface area contributed by atoms with Gasteiger partial charge in [-0.2, -0.15) is 8.42 Å². The summed E-state index contributed by atoms with van der Waals surface area (Å²) in [5.74, 6) is -1.01. The number of nitrogens with zero attached hydrogens (tertiary/aromatic N) is 1. The highest BCUT2D eigenvalue weighted by atomic mass is 32.2. The molecule has 33 heavy (non-hydrogen) atoms. The summed E-state index contributed by atoms with van der Waals surface area (Å²) in [4.78, 5) is 16.4. The highest BCUT2D eigenvalue weighted by molar-refractivity contribution is 7.87. The molecule has 0 bridgehead atoms. The number of rotatable bonds is 7. The second kappa shape index (κ2) is 9.25. The molecule has 0 unspecified atom stereocenters. The topological polar surface area (TPSA) is 91.3 Å². The van der Waals surface area contributed by atoms with Gasteiger partial charge in [0.15, 0.2) is 17.2 Å². The number of hydrogen-bond acceptors (Lipinski definition) is 7. The van der Waals surface area contributed by atoms with Gasteiger partial charge in [0.25, 0.3) is 0 Å². The maximum absolute atomic E-state index is 13.5. The van der Waals surface area contributed by atoms with Crippen molar-refractivity contribution in [1.29, 1.82) is 0 Å². The standard InChI is InChI=1S/C24H18FNO6S/c1-2-30-22-14-16(11-12-21(22)32-33(28,29)19-9-4-3-5-10-19)13-20-24(27)31-23(26-20)17-7-6-8-18(25)15-17/h3-15H,2H2,1H3/b20-13+. The number of halogens is 1. The van der Waals surface area contributed by atoms with Crippen LogP contribution < -0.4 is 8.92 Å². The summed E-state index contributed by atoms with van der Waals surface area (Å²) < 4.78 is 54.6. The van der Waals surface area contributed by atoms with Gasteiger partial charge in [-0.15, -0.1) is 0 Å². The van der Waals surface area contributed by atoms with E-state index >= 15 is 0 Å². The summed E-state index contributed by atoms with van der Waals surface area (Å²) in [5, 5.41) is 0. The lowest BCUT2D eigenvalue weighted by atomic mass is 10.1. The van der Waals surface area contributed by atoms with Crippen LogP contribution in [0.2, 0.25) is 0 Å². The molecule has 0 N–H and O–H groups in total. The molecule has 0 saturated heterocycles. The average molecular weight is 467 g/mol. The summed E-state index contributed by atoms with van der Waals surface area (Å²) in [6, 6.07) is 17.8. The van der Waals surface area contributed by atoms with E-state index in [1.165, 1.54) is 48.5 Å². The Kier molecular flexibility index (Phi) is 6.23. The van der Waals surface area contributed by atoms with Gasteiger partial charge in [-0.05, 0) is 61.0 Å². The first kappa shape index (κ1) is 22.2. The summed E-state index contributed by atoms with van der Waals surface area (Å²) in [5.41, 5.74) is 0.831. The molecule has 3 aromatic carbocycles. The van der Waals surface area contributed by atoms with E-state index in [9.17, 15) is 17.6 Å². The first-order valence-electron chi connectivity index (χ1n) is 9.90. The number of carbonyl (C=O) groups excluding carboxylic acids is 1. The quantitative estimate of drug-likeness (QED) is 0.292. The van der Waals surface area contributed by atoms with Gasteiger partial charge in [0.1, 0.15) is 10.7 Å².